The number of halogens is 3. The Bertz CT molecular complexity index is 278. The largest absolute Gasteiger partial charge is 0.307 e. The van der Waals surface area contributed by atoms with Crippen molar-refractivity contribution in [3.05, 3.63) is 33.8 Å². The fourth-order valence-electron chi connectivity index (χ4n) is 1.01. The van der Waals surface area contributed by atoms with Crippen molar-refractivity contribution < 1.29 is 0 Å². The van der Waals surface area contributed by atoms with Gasteiger partial charge in [0.15, 0.2) is 0 Å². The molecule has 0 spiro atoms. The van der Waals surface area contributed by atoms with E-state index < -0.39 is 0 Å². The zero-order valence-corrected chi connectivity index (χ0v) is 10.1. The average molecular weight is 283 g/mol. The van der Waals surface area contributed by atoms with E-state index in [0.29, 0.717) is 5.02 Å². The van der Waals surface area contributed by atoms with Crippen LogP contribution in [-0.2, 0) is 6.42 Å². The van der Waals surface area contributed by atoms with E-state index in [1.807, 2.05) is 12.1 Å². The summed E-state index contributed by atoms with van der Waals surface area (Å²) < 4.78 is 0. The summed E-state index contributed by atoms with van der Waals surface area (Å²) in [7, 11) is 0. The maximum Gasteiger partial charge on any atom is 0.0517 e. The van der Waals surface area contributed by atoms with Crippen LogP contribution in [-0.4, -0.2) is 12.0 Å². The predicted molar refractivity (Wildman–Crippen MR) is 62.0 cm³/mol. The lowest BCUT2D eigenvalue weighted by atomic mass is 10.1. The molecular formula is C9H10BrCl2N. The fraction of sp³-hybridized carbons (Fsp3) is 0.333. The van der Waals surface area contributed by atoms with Gasteiger partial charge in [-0.15, -0.1) is 0 Å². The molecule has 0 amide bonds. The number of hydrogen-bond donors (Lipinski definition) is 1. The van der Waals surface area contributed by atoms with Gasteiger partial charge in [-0.2, -0.15) is 0 Å². The molecule has 0 heterocycles. The van der Waals surface area contributed by atoms with Crippen molar-refractivity contribution in [1.82, 2.24) is 5.32 Å². The summed E-state index contributed by atoms with van der Waals surface area (Å²) in [5, 5.41) is 4.59. The topological polar surface area (TPSA) is 12.0 Å². The van der Waals surface area contributed by atoms with Crippen LogP contribution in [0.2, 0.25) is 10.0 Å². The number of alkyl halides is 1. The van der Waals surface area contributed by atoms with E-state index in [-0.39, 0.29) is 0 Å². The van der Waals surface area contributed by atoms with Crippen LogP contribution in [0.4, 0.5) is 0 Å². The molecule has 0 saturated carbocycles. The number of benzene rings is 1. The van der Waals surface area contributed by atoms with Gasteiger partial charge in [-0.1, -0.05) is 45.2 Å². The molecule has 4 heteroatoms. The first-order valence-electron chi connectivity index (χ1n) is 3.94. The molecule has 72 valence electrons. The van der Waals surface area contributed by atoms with E-state index in [1.54, 1.807) is 6.07 Å². The van der Waals surface area contributed by atoms with Crippen LogP contribution in [0.5, 0.6) is 0 Å². The molecule has 0 aliphatic carbocycles. The minimum Gasteiger partial charge on any atom is -0.307 e. The maximum absolute atomic E-state index is 5.98. The summed E-state index contributed by atoms with van der Waals surface area (Å²) >= 11 is 15.0. The van der Waals surface area contributed by atoms with Gasteiger partial charge in [-0.25, -0.2) is 0 Å². The molecule has 0 fully saturated rings. The molecule has 1 aromatic rings. The molecule has 0 unspecified atom stereocenters. The molecule has 13 heavy (non-hydrogen) atoms. The van der Waals surface area contributed by atoms with Crippen molar-refractivity contribution in [2.24, 2.45) is 0 Å². The van der Waals surface area contributed by atoms with Gasteiger partial charge in [-0.3, -0.25) is 0 Å². The lowest BCUT2D eigenvalue weighted by molar-refractivity contribution is 0.779. The smallest absolute Gasteiger partial charge is 0.0517 e. The van der Waals surface area contributed by atoms with Crippen LogP contribution >= 0.6 is 39.1 Å². The maximum atomic E-state index is 5.98. The van der Waals surface area contributed by atoms with Crippen LogP contribution in [0.15, 0.2) is 18.2 Å². The van der Waals surface area contributed by atoms with E-state index in [1.165, 1.54) is 0 Å². The van der Waals surface area contributed by atoms with Crippen molar-refractivity contribution in [1.29, 1.82) is 0 Å². The minimum absolute atomic E-state index is 0.683. The molecule has 0 aliphatic heterocycles. The van der Waals surface area contributed by atoms with Crippen molar-refractivity contribution in [2.75, 3.05) is 12.0 Å². The van der Waals surface area contributed by atoms with Crippen LogP contribution < -0.4 is 5.32 Å². The molecule has 0 aliphatic rings. The highest BCUT2D eigenvalue weighted by atomic mass is 79.9. The second kappa shape index (κ2) is 5.86. The monoisotopic (exact) mass is 281 g/mol. The Kier molecular flexibility index (Phi) is 5.10. The Morgan fingerprint density at radius 1 is 1.31 bits per heavy atom. The summed E-state index contributed by atoms with van der Waals surface area (Å²) in [6.07, 6.45) is 0.918. The summed E-state index contributed by atoms with van der Waals surface area (Å²) in [6.45, 7) is 0.909. The van der Waals surface area contributed by atoms with E-state index in [4.69, 9.17) is 23.2 Å². The van der Waals surface area contributed by atoms with Crippen LogP contribution in [0.1, 0.15) is 5.56 Å². The number of rotatable bonds is 4. The van der Waals surface area contributed by atoms with E-state index in [9.17, 15) is 0 Å². The molecular weight excluding hydrogens is 273 g/mol. The van der Waals surface area contributed by atoms with E-state index >= 15 is 0 Å². The van der Waals surface area contributed by atoms with Gasteiger partial charge >= 0.3 is 0 Å². The van der Waals surface area contributed by atoms with E-state index in [0.717, 1.165) is 29.0 Å². The summed E-state index contributed by atoms with van der Waals surface area (Å²) in [4.78, 5) is 0. The van der Waals surface area contributed by atoms with Gasteiger partial charge in [0.1, 0.15) is 0 Å². The quantitative estimate of drug-likeness (QED) is 0.507. The minimum atomic E-state index is 0.683. The third-order valence-electron chi connectivity index (χ3n) is 1.68. The number of nitrogens with one attached hydrogen (secondary N) is 1. The average Bonchev–Trinajstić information content (AvgIpc) is 2.09. The van der Waals surface area contributed by atoms with Gasteiger partial charge < -0.3 is 5.32 Å². The SMILES string of the molecule is Clc1ccc(CCNCBr)c(Cl)c1. The van der Waals surface area contributed by atoms with Crippen molar-refractivity contribution in [2.45, 2.75) is 6.42 Å². The Labute approximate surface area is 96.6 Å². The Morgan fingerprint density at radius 3 is 2.69 bits per heavy atom. The highest BCUT2D eigenvalue weighted by Gasteiger charge is 1.99. The Morgan fingerprint density at radius 2 is 2.08 bits per heavy atom. The van der Waals surface area contributed by atoms with Crippen LogP contribution in [0.3, 0.4) is 0 Å². The zero-order valence-electron chi connectivity index (χ0n) is 6.99. The summed E-state index contributed by atoms with van der Waals surface area (Å²) in [5.41, 5.74) is 1.93. The first-order valence-corrected chi connectivity index (χ1v) is 5.82. The number of hydrogen-bond acceptors (Lipinski definition) is 1. The third kappa shape index (κ3) is 3.86. The highest BCUT2D eigenvalue weighted by molar-refractivity contribution is 9.09. The molecule has 1 aromatic carbocycles. The molecule has 1 N–H and O–H groups in total. The van der Waals surface area contributed by atoms with Gasteiger partial charge in [0.25, 0.3) is 0 Å². The molecule has 0 atom stereocenters. The molecule has 1 rings (SSSR count). The fourth-order valence-corrected chi connectivity index (χ4v) is 1.80. The lowest BCUT2D eigenvalue weighted by Crippen LogP contribution is -2.14. The van der Waals surface area contributed by atoms with Gasteiger partial charge in [0.2, 0.25) is 0 Å². The predicted octanol–water partition coefficient (Wildman–Crippen LogP) is 3.48. The van der Waals surface area contributed by atoms with Gasteiger partial charge in [0.05, 0.1) is 5.45 Å². The van der Waals surface area contributed by atoms with Crippen LogP contribution in [0, 0.1) is 0 Å². The standard InChI is InChI=1S/C9H10BrCl2N/c10-6-13-4-3-7-1-2-8(11)5-9(7)12/h1-2,5,13H,3-4,6H2. The summed E-state index contributed by atoms with van der Waals surface area (Å²) in [5.74, 6) is 0. The van der Waals surface area contributed by atoms with Gasteiger partial charge in [-0.05, 0) is 24.1 Å². The first-order chi connectivity index (χ1) is 6.24. The highest BCUT2D eigenvalue weighted by Crippen LogP contribution is 2.20. The van der Waals surface area contributed by atoms with Crippen molar-refractivity contribution in [3.63, 3.8) is 0 Å². The molecule has 0 radical (unpaired) electrons. The molecule has 0 bridgehead atoms. The van der Waals surface area contributed by atoms with Crippen molar-refractivity contribution in [3.8, 4) is 0 Å². The second-order valence-corrected chi connectivity index (χ2v) is 4.02. The second-order valence-electron chi connectivity index (χ2n) is 2.62. The van der Waals surface area contributed by atoms with Crippen LogP contribution in [0.25, 0.3) is 0 Å². The van der Waals surface area contributed by atoms with Crippen molar-refractivity contribution >= 4 is 39.1 Å². The third-order valence-corrected chi connectivity index (χ3v) is 2.66. The molecule has 0 saturated heterocycles. The molecule has 0 aromatic heterocycles. The van der Waals surface area contributed by atoms with Gasteiger partial charge in [0, 0.05) is 16.6 Å². The zero-order chi connectivity index (χ0) is 9.68. The normalized spacial score (nSPS) is 10.4. The Balaban J connectivity index is 2.56. The first kappa shape index (κ1) is 11.3. The molecule has 1 nitrogen and oxygen atoms in total. The Hall–Kier alpha value is 0.240. The van der Waals surface area contributed by atoms with E-state index in [2.05, 4.69) is 21.2 Å². The lowest BCUT2D eigenvalue weighted by Gasteiger charge is -2.04. The summed E-state index contributed by atoms with van der Waals surface area (Å²) in [6, 6.07) is 5.59.